The second kappa shape index (κ2) is 59.3. The van der Waals surface area contributed by atoms with Crippen molar-refractivity contribution in [3.63, 3.8) is 0 Å². The van der Waals surface area contributed by atoms with Crippen LogP contribution < -0.4 is 0 Å². The van der Waals surface area contributed by atoms with Gasteiger partial charge in [-0.15, -0.1) is 0 Å². The number of ether oxygens (including phenoxy) is 2. The van der Waals surface area contributed by atoms with Gasteiger partial charge in [0.05, 0.1) is 6.61 Å². The quantitative estimate of drug-likeness (QED) is 0.0374. The minimum atomic E-state index is -0.801. The van der Waals surface area contributed by atoms with Crippen LogP contribution in [0.5, 0.6) is 0 Å². The molecule has 5 heteroatoms. The number of hydrogen-bond acceptors (Lipinski definition) is 5. The molecule has 0 spiro atoms. The van der Waals surface area contributed by atoms with E-state index >= 15 is 0 Å². The summed E-state index contributed by atoms with van der Waals surface area (Å²) in [5, 5.41) is 9.65. The van der Waals surface area contributed by atoms with Gasteiger partial charge in [-0.25, -0.2) is 0 Å². The van der Waals surface area contributed by atoms with E-state index in [1.807, 2.05) is 0 Å². The Balaban J connectivity index is 3.63. The maximum atomic E-state index is 12.3. The third-order valence-electron chi connectivity index (χ3n) is 11.9. The second-order valence-corrected chi connectivity index (χ2v) is 18.6. The van der Waals surface area contributed by atoms with Gasteiger partial charge in [-0.05, 0) is 116 Å². The molecule has 70 heavy (non-hydrogen) atoms. The summed E-state index contributed by atoms with van der Waals surface area (Å²) < 4.78 is 10.7. The molecule has 0 saturated heterocycles. The fraction of sp³-hybridized carbons (Fsp3) is 0.631. The molecule has 0 rings (SSSR count). The number of allylic oxidation sites excluding steroid dienone is 22. The maximum Gasteiger partial charge on any atom is 0.306 e. The van der Waals surface area contributed by atoms with Gasteiger partial charge in [-0.3, -0.25) is 9.59 Å². The first kappa shape index (κ1) is 66.0. The largest absolute Gasteiger partial charge is 0.462 e. The molecule has 1 atom stereocenters. The molecule has 0 aromatic heterocycles. The average Bonchev–Trinajstić information content (AvgIpc) is 3.36. The molecule has 0 heterocycles. The number of esters is 2. The van der Waals surface area contributed by atoms with Crippen LogP contribution in [0.2, 0.25) is 0 Å². The van der Waals surface area contributed by atoms with Crippen LogP contribution in [0, 0.1) is 0 Å². The Morgan fingerprint density at radius 1 is 0.343 bits per heavy atom. The summed E-state index contributed by atoms with van der Waals surface area (Å²) in [5.74, 6) is -0.635. The molecule has 0 fully saturated rings. The van der Waals surface area contributed by atoms with E-state index in [4.69, 9.17) is 9.47 Å². The van der Waals surface area contributed by atoms with Gasteiger partial charge in [-0.2, -0.15) is 0 Å². The number of aliphatic hydroxyl groups excluding tert-OH is 1. The summed E-state index contributed by atoms with van der Waals surface area (Å²) in [5.41, 5.74) is 0. The van der Waals surface area contributed by atoms with Crippen molar-refractivity contribution in [2.75, 3.05) is 13.2 Å². The van der Waals surface area contributed by atoms with E-state index in [0.29, 0.717) is 12.8 Å². The zero-order valence-corrected chi connectivity index (χ0v) is 45.2. The minimum absolute atomic E-state index is 0.0876. The highest BCUT2D eigenvalue weighted by Gasteiger charge is 2.16. The van der Waals surface area contributed by atoms with Crippen LogP contribution >= 0.6 is 0 Å². The van der Waals surface area contributed by atoms with Crippen LogP contribution in [0.1, 0.15) is 245 Å². The number of unbranched alkanes of at least 4 members (excludes halogenated alkanes) is 21. The van der Waals surface area contributed by atoms with Crippen LogP contribution in [0.3, 0.4) is 0 Å². The zero-order chi connectivity index (χ0) is 50.6. The van der Waals surface area contributed by atoms with E-state index in [1.54, 1.807) is 0 Å². The molecule has 5 nitrogen and oxygen atoms in total. The molecule has 0 radical (unpaired) electrons. The number of carbonyl (C=O) groups excluding carboxylic acids is 2. The van der Waals surface area contributed by atoms with Gasteiger partial charge in [0.15, 0.2) is 6.10 Å². The monoisotopic (exact) mass is 967 g/mol. The van der Waals surface area contributed by atoms with E-state index in [2.05, 4.69) is 148 Å². The van der Waals surface area contributed by atoms with Crippen molar-refractivity contribution in [3.8, 4) is 0 Å². The van der Waals surface area contributed by atoms with Gasteiger partial charge in [0.25, 0.3) is 0 Å². The summed E-state index contributed by atoms with van der Waals surface area (Å²) in [4.78, 5) is 24.5. The minimum Gasteiger partial charge on any atom is -0.462 e. The summed E-state index contributed by atoms with van der Waals surface area (Å²) in [6.45, 7) is 3.99. The molecule has 396 valence electrons. The fourth-order valence-electron chi connectivity index (χ4n) is 7.64. The Morgan fingerprint density at radius 2 is 0.614 bits per heavy atom. The van der Waals surface area contributed by atoms with Gasteiger partial charge in [0.1, 0.15) is 6.61 Å². The van der Waals surface area contributed by atoms with E-state index in [9.17, 15) is 14.7 Å². The third kappa shape index (κ3) is 56.6. The summed E-state index contributed by atoms with van der Waals surface area (Å²) in [6, 6.07) is 0. The van der Waals surface area contributed by atoms with Gasteiger partial charge in [0, 0.05) is 12.8 Å². The Kier molecular flexibility index (Phi) is 56.0. The maximum absolute atomic E-state index is 12.3. The highest BCUT2D eigenvalue weighted by Crippen LogP contribution is 2.15. The lowest BCUT2D eigenvalue weighted by Gasteiger charge is -2.15. The van der Waals surface area contributed by atoms with Crippen LogP contribution in [-0.4, -0.2) is 36.4 Å². The van der Waals surface area contributed by atoms with E-state index in [-0.39, 0.29) is 25.2 Å². The Bertz CT molecular complexity index is 1470. The Hall–Kier alpha value is -3.96. The first-order valence-electron chi connectivity index (χ1n) is 28.7. The van der Waals surface area contributed by atoms with E-state index in [1.165, 1.54) is 109 Å². The predicted molar refractivity (Wildman–Crippen MR) is 306 cm³/mol. The van der Waals surface area contributed by atoms with Crippen molar-refractivity contribution in [3.05, 3.63) is 134 Å². The standard InChI is InChI=1S/C65H106O5/c1-3-5-7-9-11-13-15-17-19-21-23-25-27-29-30-31-32-33-34-36-38-40-42-44-46-48-50-52-54-56-58-60-65(68)70-63(61-66)62-69-64(67)59-57-55-53-51-49-47-45-43-41-39-37-35-28-26-24-22-20-18-16-14-12-10-8-6-4-2/h5,7,11,13,16-19,22-25,29-30,32-33,36,38,42,44,48,50,63,66H,3-4,6,8-10,12,14-15,20-21,26-28,31,34-35,37,39-41,43,45-47,49,51-62H2,1-2H3/b7-5-,13-11-,18-16-,19-17-,24-22-,25-23-,30-29-,33-32-,38-36-,44-42-,50-48-. The van der Waals surface area contributed by atoms with Gasteiger partial charge < -0.3 is 14.6 Å². The first-order valence-corrected chi connectivity index (χ1v) is 28.7. The lowest BCUT2D eigenvalue weighted by atomic mass is 10.0. The van der Waals surface area contributed by atoms with Crippen LogP contribution in [0.4, 0.5) is 0 Å². The normalized spacial score (nSPS) is 13.2. The molecular formula is C65H106O5. The predicted octanol–water partition coefficient (Wildman–Crippen LogP) is 19.6. The van der Waals surface area contributed by atoms with Crippen molar-refractivity contribution >= 4 is 11.9 Å². The molecule has 0 bridgehead atoms. The van der Waals surface area contributed by atoms with E-state index in [0.717, 1.165) is 109 Å². The first-order chi connectivity index (χ1) is 34.6. The highest BCUT2D eigenvalue weighted by molar-refractivity contribution is 5.70. The SMILES string of the molecule is CC/C=C\C/C=C\C/C=C\C/C=C\C/C=C\C/C=C\C/C=C\C/C=C\C/C=C\CCCCCC(=O)OC(CO)COC(=O)CCCCCCCCCCCCCCC/C=C\C/C=C\CCCCCCC. The fourth-order valence-corrected chi connectivity index (χ4v) is 7.64. The molecule has 0 amide bonds. The molecule has 1 N–H and O–H groups in total. The van der Waals surface area contributed by atoms with Crippen molar-refractivity contribution in [2.45, 2.75) is 251 Å². The number of rotatable bonds is 51. The Morgan fingerprint density at radius 3 is 0.943 bits per heavy atom. The topological polar surface area (TPSA) is 72.8 Å². The van der Waals surface area contributed by atoms with Gasteiger partial charge in [0.2, 0.25) is 0 Å². The van der Waals surface area contributed by atoms with Crippen molar-refractivity contribution < 1.29 is 24.2 Å². The van der Waals surface area contributed by atoms with Crippen LogP contribution in [0.15, 0.2) is 134 Å². The summed E-state index contributed by atoms with van der Waals surface area (Å²) in [7, 11) is 0. The number of hydrogen-bond donors (Lipinski definition) is 1. The summed E-state index contributed by atoms with van der Waals surface area (Å²) >= 11 is 0. The average molecular weight is 968 g/mol. The van der Waals surface area contributed by atoms with Gasteiger partial charge >= 0.3 is 11.9 Å². The molecule has 0 saturated carbocycles. The molecular weight excluding hydrogens is 861 g/mol. The molecule has 0 aromatic rings. The molecule has 0 aliphatic carbocycles. The van der Waals surface area contributed by atoms with Crippen LogP contribution in [0.25, 0.3) is 0 Å². The molecule has 0 aliphatic rings. The van der Waals surface area contributed by atoms with Gasteiger partial charge in [-0.1, -0.05) is 250 Å². The number of carbonyl (C=O) groups is 2. The molecule has 0 aliphatic heterocycles. The Labute approximate surface area is 432 Å². The summed E-state index contributed by atoms with van der Waals surface area (Å²) in [6.07, 6.45) is 88.4. The van der Waals surface area contributed by atoms with Crippen LogP contribution in [-0.2, 0) is 19.1 Å². The van der Waals surface area contributed by atoms with Crippen molar-refractivity contribution in [1.82, 2.24) is 0 Å². The smallest absolute Gasteiger partial charge is 0.306 e. The molecule has 0 aromatic carbocycles. The van der Waals surface area contributed by atoms with Crippen molar-refractivity contribution in [2.24, 2.45) is 0 Å². The molecule has 1 unspecified atom stereocenters. The van der Waals surface area contributed by atoms with Crippen molar-refractivity contribution in [1.29, 1.82) is 0 Å². The highest BCUT2D eigenvalue weighted by atomic mass is 16.6. The number of aliphatic hydroxyl groups is 1. The van der Waals surface area contributed by atoms with E-state index < -0.39 is 6.10 Å². The zero-order valence-electron chi connectivity index (χ0n) is 45.2. The third-order valence-corrected chi connectivity index (χ3v) is 11.9. The second-order valence-electron chi connectivity index (χ2n) is 18.6. The lowest BCUT2D eigenvalue weighted by molar-refractivity contribution is -0.161. The lowest BCUT2D eigenvalue weighted by Crippen LogP contribution is -2.28.